The predicted molar refractivity (Wildman–Crippen MR) is 58.8 cm³/mol. The maximum atomic E-state index is 2.27. The highest BCUT2D eigenvalue weighted by atomic mass is 35.5. The van der Waals surface area contributed by atoms with Crippen LogP contribution in [0.4, 0.5) is 0 Å². The number of hydrogen-bond donors (Lipinski definition) is 0. The van der Waals surface area contributed by atoms with E-state index in [4.69, 9.17) is 0 Å². The molecular formula is C10H15ClMg. The van der Waals surface area contributed by atoms with Crippen LogP contribution < -0.4 is 3.69 Å². The summed E-state index contributed by atoms with van der Waals surface area (Å²) in [7, 11) is 0. The Balaban J connectivity index is 0.00000121. The Morgan fingerprint density at radius 1 is 1.17 bits per heavy atom. The summed E-state index contributed by atoms with van der Waals surface area (Å²) in [5.74, 6) is 0. The van der Waals surface area contributed by atoms with Crippen LogP contribution in [-0.2, 0) is 0 Å². The van der Waals surface area contributed by atoms with E-state index < -0.39 is 0 Å². The molecule has 1 rings (SSSR count). The largest absolute Gasteiger partial charge is 0.408 e. The Morgan fingerprint density at radius 3 is 2.42 bits per heavy atom. The molecular weight excluding hydrogens is 180 g/mol. The van der Waals surface area contributed by atoms with Gasteiger partial charge in [-0.1, -0.05) is 50.1 Å². The summed E-state index contributed by atoms with van der Waals surface area (Å²) in [6.45, 7) is 2.26. The third-order valence-corrected chi connectivity index (χ3v) is 3.81. The van der Waals surface area contributed by atoms with Crippen molar-refractivity contribution in [1.82, 2.24) is 0 Å². The first-order valence-electron chi connectivity index (χ1n) is 4.47. The lowest BCUT2D eigenvalue weighted by atomic mass is 10.4. The minimum absolute atomic E-state index is 0. The van der Waals surface area contributed by atoms with Crippen molar-refractivity contribution in [1.29, 1.82) is 0 Å². The zero-order valence-electron chi connectivity index (χ0n) is 7.62. The number of rotatable bonds is 4. The highest BCUT2D eigenvalue weighted by Gasteiger charge is 1.95. The molecule has 0 radical (unpaired) electrons. The van der Waals surface area contributed by atoms with Crippen LogP contribution in [0.5, 0.6) is 0 Å². The van der Waals surface area contributed by atoms with Gasteiger partial charge >= 0.3 is 20.4 Å². The molecule has 0 saturated heterocycles. The molecule has 0 aliphatic carbocycles. The summed E-state index contributed by atoms with van der Waals surface area (Å²) in [4.78, 5) is 0. The van der Waals surface area contributed by atoms with E-state index in [-0.39, 0.29) is 32.8 Å². The molecule has 0 N–H and O–H groups in total. The molecule has 0 nitrogen and oxygen atoms in total. The molecule has 0 bridgehead atoms. The number of hydrogen-bond acceptors (Lipinski definition) is 0. The molecule has 0 aromatic heterocycles. The number of unbranched alkanes of at least 4 members (excludes halogenated alkanes) is 1. The van der Waals surface area contributed by atoms with Gasteiger partial charge in [-0.15, -0.1) is 17.0 Å². The zero-order valence-corrected chi connectivity index (χ0v) is 9.85. The fourth-order valence-corrected chi connectivity index (χ4v) is 2.99. The number of benzene rings is 1. The molecule has 0 spiro atoms. The molecule has 0 unspecified atom stereocenters. The maximum absolute atomic E-state index is 2.27. The second kappa shape index (κ2) is 7.90. The van der Waals surface area contributed by atoms with Crippen molar-refractivity contribution in [2.45, 2.75) is 24.3 Å². The molecule has 1 aromatic rings. The summed E-state index contributed by atoms with van der Waals surface area (Å²) >= 11 is 0.0776. The Bertz CT molecular complexity index is 186. The third kappa shape index (κ3) is 5.02. The minimum atomic E-state index is 0. The van der Waals surface area contributed by atoms with Gasteiger partial charge in [-0.25, -0.2) is 0 Å². The summed E-state index contributed by atoms with van der Waals surface area (Å²) in [5.41, 5.74) is 0. The van der Waals surface area contributed by atoms with Gasteiger partial charge in [0.15, 0.2) is 0 Å². The standard InChI is InChI=1S/C6H5.C4H9.ClH.Mg/c1-2-4-6-5-3-1;1-3-4-2;;/h1-5H;1,3-4H2,2H3;1H;. The van der Waals surface area contributed by atoms with Gasteiger partial charge in [-0.2, -0.15) is 3.69 Å². The second-order valence-corrected chi connectivity index (χ2v) is 4.97. The highest BCUT2D eigenvalue weighted by Crippen LogP contribution is 1.93. The van der Waals surface area contributed by atoms with Gasteiger partial charge in [-0.3, -0.25) is 0 Å². The van der Waals surface area contributed by atoms with Crippen LogP contribution in [0.3, 0.4) is 0 Å². The van der Waals surface area contributed by atoms with Crippen LogP contribution in [0.2, 0.25) is 4.55 Å². The van der Waals surface area contributed by atoms with E-state index in [0.717, 1.165) is 0 Å². The van der Waals surface area contributed by atoms with E-state index in [9.17, 15) is 0 Å². The predicted octanol–water partition coefficient (Wildman–Crippen LogP) is 2.66. The summed E-state index contributed by atoms with van der Waals surface area (Å²) < 4.78 is 3.08. The zero-order chi connectivity index (χ0) is 7.94. The van der Waals surface area contributed by atoms with Crippen molar-refractivity contribution in [2.75, 3.05) is 0 Å². The van der Waals surface area contributed by atoms with Gasteiger partial charge in [0.2, 0.25) is 0 Å². The van der Waals surface area contributed by atoms with Crippen LogP contribution in [0.15, 0.2) is 30.3 Å². The fraction of sp³-hybridized carbons (Fsp3) is 0.400. The Labute approximate surface area is 90.9 Å². The first-order valence-corrected chi connectivity index (χ1v) is 6.18. The topological polar surface area (TPSA) is 0 Å². The summed E-state index contributed by atoms with van der Waals surface area (Å²) in [6, 6.07) is 10.9. The van der Waals surface area contributed by atoms with Crippen LogP contribution in [0, 0.1) is 0 Å². The molecule has 0 aliphatic heterocycles. The quantitative estimate of drug-likeness (QED) is 0.511. The molecule has 64 valence electrons. The SMILES string of the molecule is CCC[CH2][Mg][c]1ccccc1.Cl. The van der Waals surface area contributed by atoms with Crippen molar-refractivity contribution >= 4 is 36.5 Å². The first-order chi connectivity index (χ1) is 5.43. The van der Waals surface area contributed by atoms with Gasteiger partial charge in [0.05, 0.1) is 0 Å². The molecule has 0 saturated carbocycles. The lowest BCUT2D eigenvalue weighted by molar-refractivity contribution is 0.881. The molecule has 0 atom stereocenters. The summed E-state index contributed by atoms with van der Waals surface area (Å²) in [5, 5.41) is 0. The number of halogens is 1. The van der Waals surface area contributed by atoms with Crippen LogP contribution in [-0.4, -0.2) is 20.4 Å². The first kappa shape index (κ1) is 12.3. The van der Waals surface area contributed by atoms with E-state index in [2.05, 4.69) is 37.3 Å². The highest BCUT2D eigenvalue weighted by molar-refractivity contribution is 6.53. The fourth-order valence-electron chi connectivity index (χ4n) is 1.22. The monoisotopic (exact) mass is 194 g/mol. The van der Waals surface area contributed by atoms with E-state index in [0.29, 0.717) is 0 Å². The average Bonchev–Trinajstić information content (AvgIpc) is 2.07. The van der Waals surface area contributed by atoms with Gasteiger partial charge < -0.3 is 0 Å². The van der Waals surface area contributed by atoms with E-state index in [1.54, 1.807) is 3.69 Å². The van der Waals surface area contributed by atoms with Gasteiger partial charge in [0.25, 0.3) is 0 Å². The molecule has 0 amide bonds. The van der Waals surface area contributed by atoms with Gasteiger partial charge in [-0.05, 0) is 0 Å². The maximum Gasteiger partial charge on any atom is 0.408 e. The molecule has 1 aromatic carbocycles. The lowest BCUT2D eigenvalue weighted by Gasteiger charge is -1.96. The Kier molecular flexibility index (Phi) is 8.08. The van der Waals surface area contributed by atoms with Crippen molar-refractivity contribution < 1.29 is 0 Å². The minimum Gasteiger partial charge on any atom is -0.174 e. The van der Waals surface area contributed by atoms with Crippen molar-refractivity contribution in [3.8, 4) is 0 Å². The van der Waals surface area contributed by atoms with Crippen LogP contribution >= 0.6 is 12.4 Å². The molecule has 0 fully saturated rings. The van der Waals surface area contributed by atoms with Crippen LogP contribution in [0.1, 0.15) is 19.8 Å². The van der Waals surface area contributed by atoms with Crippen molar-refractivity contribution in [3.63, 3.8) is 0 Å². The lowest BCUT2D eigenvalue weighted by Crippen LogP contribution is -2.11. The third-order valence-electron chi connectivity index (χ3n) is 1.91. The van der Waals surface area contributed by atoms with Crippen LogP contribution in [0.25, 0.3) is 0 Å². The molecule has 0 heterocycles. The average molecular weight is 195 g/mol. The molecule has 0 aliphatic rings. The van der Waals surface area contributed by atoms with Crippen molar-refractivity contribution in [3.05, 3.63) is 30.3 Å². The van der Waals surface area contributed by atoms with E-state index >= 15 is 0 Å². The Hall–Kier alpha value is 0.276. The van der Waals surface area contributed by atoms with Gasteiger partial charge in [0, 0.05) is 0 Å². The van der Waals surface area contributed by atoms with Gasteiger partial charge in [0.1, 0.15) is 0 Å². The normalized spacial score (nSPS) is 8.42. The smallest absolute Gasteiger partial charge is 0.174 e. The Morgan fingerprint density at radius 2 is 1.83 bits per heavy atom. The molecule has 12 heavy (non-hydrogen) atoms. The second-order valence-electron chi connectivity index (χ2n) is 2.94. The van der Waals surface area contributed by atoms with E-state index in [1.807, 2.05) is 0 Å². The van der Waals surface area contributed by atoms with Crippen molar-refractivity contribution in [2.24, 2.45) is 0 Å². The molecule has 2 heteroatoms. The van der Waals surface area contributed by atoms with E-state index in [1.165, 1.54) is 17.4 Å². The summed E-state index contributed by atoms with van der Waals surface area (Å²) in [6.07, 6.45) is 2.76.